The number of rotatable bonds is 1. The molecule has 0 atom stereocenters. The maximum atomic E-state index is 4.46. The first-order chi connectivity index (χ1) is 8.92. The molecule has 0 aromatic carbocycles. The molecule has 4 heterocycles. The Balaban J connectivity index is 2.00. The van der Waals surface area contributed by atoms with Crippen molar-refractivity contribution in [1.82, 2.24) is 24.3 Å². The van der Waals surface area contributed by atoms with Crippen molar-refractivity contribution in [3.63, 3.8) is 0 Å². The van der Waals surface area contributed by atoms with E-state index in [-0.39, 0.29) is 0 Å². The Morgan fingerprint density at radius 1 is 1.06 bits per heavy atom. The number of imidazole rings is 1. The van der Waals surface area contributed by atoms with Gasteiger partial charge >= 0.3 is 0 Å². The number of fused-ring (bicyclic) bond motifs is 2. The van der Waals surface area contributed by atoms with Crippen LogP contribution in [-0.2, 0) is 0 Å². The van der Waals surface area contributed by atoms with Gasteiger partial charge in [-0.3, -0.25) is 0 Å². The SMILES string of the molecule is c1ccn2ccc(-c3ncc4[nH]cnc4n3)c2c1. The van der Waals surface area contributed by atoms with Gasteiger partial charge in [0.1, 0.15) is 5.52 Å². The zero-order valence-corrected chi connectivity index (χ0v) is 9.41. The van der Waals surface area contributed by atoms with Gasteiger partial charge in [-0.05, 0) is 18.2 Å². The van der Waals surface area contributed by atoms with Crippen LogP contribution in [0.25, 0.3) is 28.1 Å². The molecule has 0 saturated carbocycles. The highest BCUT2D eigenvalue weighted by Crippen LogP contribution is 2.23. The van der Waals surface area contributed by atoms with Crippen LogP contribution in [0, 0.1) is 0 Å². The minimum atomic E-state index is 0.690. The van der Waals surface area contributed by atoms with Crippen LogP contribution in [0.4, 0.5) is 0 Å². The van der Waals surface area contributed by atoms with Gasteiger partial charge in [-0.25, -0.2) is 15.0 Å². The second-order valence-electron chi connectivity index (χ2n) is 4.06. The molecule has 4 rings (SSSR count). The number of aromatic amines is 1. The largest absolute Gasteiger partial charge is 0.342 e. The number of nitrogens with zero attached hydrogens (tertiary/aromatic N) is 4. The van der Waals surface area contributed by atoms with E-state index in [0.717, 1.165) is 16.6 Å². The predicted octanol–water partition coefficient (Wildman–Crippen LogP) is 2.27. The van der Waals surface area contributed by atoms with E-state index in [9.17, 15) is 0 Å². The van der Waals surface area contributed by atoms with Crippen LogP contribution in [0.1, 0.15) is 0 Å². The average Bonchev–Trinajstić information content (AvgIpc) is 3.04. The van der Waals surface area contributed by atoms with E-state index in [2.05, 4.69) is 19.9 Å². The minimum Gasteiger partial charge on any atom is -0.342 e. The van der Waals surface area contributed by atoms with Crippen LogP contribution in [0.5, 0.6) is 0 Å². The molecule has 0 bridgehead atoms. The molecule has 1 N–H and O–H groups in total. The highest BCUT2D eigenvalue weighted by atomic mass is 15.0. The number of hydrogen-bond acceptors (Lipinski definition) is 3. The van der Waals surface area contributed by atoms with Gasteiger partial charge in [0.2, 0.25) is 0 Å². The molecule has 0 spiro atoms. The number of pyridine rings is 1. The van der Waals surface area contributed by atoms with Crippen molar-refractivity contribution in [2.24, 2.45) is 0 Å². The molecule has 0 saturated heterocycles. The van der Waals surface area contributed by atoms with Crippen LogP contribution in [0.3, 0.4) is 0 Å². The first kappa shape index (κ1) is 9.35. The van der Waals surface area contributed by atoms with E-state index >= 15 is 0 Å². The summed E-state index contributed by atoms with van der Waals surface area (Å²) in [5.41, 5.74) is 3.64. The van der Waals surface area contributed by atoms with Crippen LogP contribution in [0.2, 0.25) is 0 Å². The standard InChI is InChI=1S/C13H9N5/c1-2-5-18-6-4-9(11(18)3-1)12-14-7-10-13(17-12)16-8-15-10/h1-8H,(H,14,15,16,17). The third-order valence-corrected chi connectivity index (χ3v) is 2.98. The van der Waals surface area contributed by atoms with Crippen LogP contribution >= 0.6 is 0 Å². The van der Waals surface area contributed by atoms with Gasteiger partial charge in [-0.2, -0.15) is 0 Å². The summed E-state index contributed by atoms with van der Waals surface area (Å²) in [6.07, 6.45) is 7.40. The molecule has 18 heavy (non-hydrogen) atoms. The molecule has 0 aliphatic carbocycles. The zero-order chi connectivity index (χ0) is 11.9. The van der Waals surface area contributed by atoms with Crippen molar-refractivity contribution in [2.45, 2.75) is 0 Å². The van der Waals surface area contributed by atoms with Crippen molar-refractivity contribution >= 4 is 16.7 Å². The quantitative estimate of drug-likeness (QED) is 0.550. The number of aromatic nitrogens is 5. The van der Waals surface area contributed by atoms with Gasteiger partial charge in [0.15, 0.2) is 11.5 Å². The Morgan fingerprint density at radius 3 is 3.06 bits per heavy atom. The summed E-state index contributed by atoms with van der Waals surface area (Å²) in [5, 5.41) is 0. The van der Waals surface area contributed by atoms with E-state index in [0.29, 0.717) is 11.5 Å². The summed E-state index contributed by atoms with van der Waals surface area (Å²) in [7, 11) is 0. The second kappa shape index (κ2) is 3.40. The molecule has 0 aliphatic rings. The fraction of sp³-hybridized carbons (Fsp3) is 0. The Hall–Kier alpha value is -2.69. The third-order valence-electron chi connectivity index (χ3n) is 2.98. The molecule has 0 radical (unpaired) electrons. The Morgan fingerprint density at radius 2 is 2.06 bits per heavy atom. The van der Waals surface area contributed by atoms with E-state index in [1.54, 1.807) is 12.5 Å². The van der Waals surface area contributed by atoms with Gasteiger partial charge in [0.05, 0.1) is 18.0 Å². The van der Waals surface area contributed by atoms with Gasteiger partial charge in [-0.15, -0.1) is 0 Å². The van der Waals surface area contributed by atoms with Gasteiger partial charge in [0, 0.05) is 18.0 Å². The summed E-state index contributed by atoms with van der Waals surface area (Å²) in [4.78, 5) is 16.0. The van der Waals surface area contributed by atoms with Gasteiger partial charge in [-0.1, -0.05) is 6.07 Å². The second-order valence-corrected chi connectivity index (χ2v) is 4.06. The lowest BCUT2D eigenvalue weighted by molar-refractivity contribution is 1.19. The fourth-order valence-corrected chi connectivity index (χ4v) is 2.11. The molecule has 5 heteroatoms. The topological polar surface area (TPSA) is 58.9 Å². The van der Waals surface area contributed by atoms with Crippen molar-refractivity contribution in [3.05, 3.63) is 49.2 Å². The van der Waals surface area contributed by atoms with Gasteiger partial charge < -0.3 is 9.38 Å². The Labute approximate surface area is 102 Å². The van der Waals surface area contributed by atoms with E-state index in [1.807, 2.05) is 41.1 Å². The molecule has 4 aromatic heterocycles. The van der Waals surface area contributed by atoms with Crippen LogP contribution in [0.15, 0.2) is 49.2 Å². The number of nitrogens with one attached hydrogen (secondary N) is 1. The summed E-state index contributed by atoms with van der Waals surface area (Å²) in [5.74, 6) is 0.698. The van der Waals surface area contributed by atoms with Crippen molar-refractivity contribution in [3.8, 4) is 11.4 Å². The fourth-order valence-electron chi connectivity index (χ4n) is 2.11. The zero-order valence-electron chi connectivity index (χ0n) is 9.41. The Bertz CT molecular complexity index is 842. The van der Waals surface area contributed by atoms with Crippen molar-refractivity contribution in [2.75, 3.05) is 0 Å². The maximum absolute atomic E-state index is 4.46. The molecule has 86 valence electrons. The lowest BCUT2D eigenvalue weighted by atomic mass is 10.2. The third kappa shape index (κ3) is 1.24. The lowest BCUT2D eigenvalue weighted by Gasteiger charge is -1.98. The highest BCUT2D eigenvalue weighted by molar-refractivity contribution is 5.80. The molecule has 4 aromatic rings. The Kier molecular flexibility index (Phi) is 1.77. The summed E-state index contributed by atoms with van der Waals surface area (Å²) in [6, 6.07) is 8.07. The molecular weight excluding hydrogens is 226 g/mol. The average molecular weight is 235 g/mol. The maximum Gasteiger partial charge on any atom is 0.181 e. The monoisotopic (exact) mass is 235 g/mol. The van der Waals surface area contributed by atoms with E-state index < -0.39 is 0 Å². The normalized spacial score (nSPS) is 11.3. The number of hydrogen-bond donors (Lipinski definition) is 1. The first-order valence-corrected chi connectivity index (χ1v) is 5.64. The highest BCUT2D eigenvalue weighted by Gasteiger charge is 2.08. The van der Waals surface area contributed by atoms with Crippen molar-refractivity contribution in [1.29, 1.82) is 0 Å². The molecule has 0 amide bonds. The van der Waals surface area contributed by atoms with E-state index in [1.165, 1.54) is 0 Å². The minimum absolute atomic E-state index is 0.690. The summed E-state index contributed by atoms with van der Waals surface area (Å²) in [6.45, 7) is 0. The van der Waals surface area contributed by atoms with E-state index in [4.69, 9.17) is 0 Å². The molecule has 0 unspecified atom stereocenters. The predicted molar refractivity (Wildman–Crippen MR) is 68.1 cm³/mol. The summed E-state index contributed by atoms with van der Waals surface area (Å²) < 4.78 is 2.05. The molecule has 0 fully saturated rings. The number of H-pyrrole nitrogens is 1. The molecule has 5 nitrogen and oxygen atoms in total. The molecular formula is C13H9N5. The van der Waals surface area contributed by atoms with Crippen molar-refractivity contribution < 1.29 is 0 Å². The smallest absolute Gasteiger partial charge is 0.181 e. The van der Waals surface area contributed by atoms with Gasteiger partial charge in [0.25, 0.3) is 0 Å². The lowest BCUT2D eigenvalue weighted by Crippen LogP contribution is -1.89. The van der Waals surface area contributed by atoms with Crippen LogP contribution in [-0.4, -0.2) is 24.3 Å². The van der Waals surface area contributed by atoms with Crippen LogP contribution < -0.4 is 0 Å². The summed E-state index contributed by atoms with van der Waals surface area (Å²) >= 11 is 0. The molecule has 0 aliphatic heterocycles. The first-order valence-electron chi connectivity index (χ1n) is 5.64.